The average Bonchev–Trinajstić information content (AvgIpc) is 2.87. The quantitative estimate of drug-likeness (QED) is 0.166. The Kier molecular flexibility index (Phi) is 21.2. The fourth-order valence-corrected chi connectivity index (χ4v) is 3.30. The van der Waals surface area contributed by atoms with E-state index < -0.39 is 11.8 Å². The summed E-state index contributed by atoms with van der Waals surface area (Å²) in [5, 5.41) is 12.9. The van der Waals surface area contributed by atoms with Gasteiger partial charge in [-0.15, -0.1) is 12.3 Å². The molecule has 0 radical (unpaired) electrons. The summed E-state index contributed by atoms with van der Waals surface area (Å²) in [5.74, 6) is 2.47. The van der Waals surface area contributed by atoms with E-state index in [4.69, 9.17) is 6.42 Å². The molecule has 2 N–H and O–H groups in total. The smallest absolute Gasteiger partial charge is 0.383 e. The van der Waals surface area contributed by atoms with Crippen LogP contribution in [-0.4, -0.2) is 29.1 Å². The van der Waals surface area contributed by atoms with Crippen LogP contribution in [0.5, 0.6) is 0 Å². The molecule has 38 heavy (non-hydrogen) atoms. The molecule has 216 valence electrons. The maximum absolute atomic E-state index is 12.8. The van der Waals surface area contributed by atoms with E-state index in [1.165, 1.54) is 57.6 Å². The highest BCUT2D eigenvalue weighted by atomic mass is 19.4. The lowest BCUT2D eigenvalue weighted by molar-refractivity contribution is -0.236. The van der Waals surface area contributed by atoms with E-state index in [0.29, 0.717) is 17.7 Å². The average molecular weight is 537 g/mol. The molecule has 0 aromatic carbocycles. The van der Waals surface area contributed by atoms with Crippen LogP contribution in [0.15, 0.2) is 64.5 Å². The van der Waals surface area contributed by atoms with Crippen molar-refractivity contribution < 1.29 is 18.3 Å². The number of nitrogens with zero attached hydrogens (tertiary/aromatic N) is 1. The van der Waals surface area contributed by atoms with Crippen LogP contribution in [0.3, 0.4) is 0 Å². The number of terminal acetylenes is 1. The van der Waals surface area contributed by atoms with E-state index in [0.717, 1.165) is 25.5 Å². The summed E-state index contributed by atoms with van der Waals surface area (Å²) in [6.07, 6.45) is 21.9. The number of aliphatic imine (C=N–C) groups is 1. The van der Waals surface area contributed by atoms with E-state index in [2.05, 4.69) is 29.7 Å². The van der Waals surface area contributed by atoms with Crippen molar-refractivity contribution in [2.24, 2.45) is 4.99 Å². The third-order valence-electron chi connectivity index (χ3n) is 6.09. The van der Waals surface area contributed by atoms with Gasteiger partial charge in [0.25, 0.3) is 0 Å². The molecule has 1 rings (SSSR count). The van der Waals surface area contributed by atoms with Crippen molar-refractivity contribution in [1.29, 1.82) is 0 Å². The number of halogens is 3. The first kappa shape index (κ1) is 37.6. The molecule has 0 aromatic heterocycles. The van der Waals surface area contributed by atoms with Gasteiger partial charge in [-0.05, 0) is 59.1 Å². The predicted molar refractivity (Wildman–Crippen MR) is 159 cm³/mol. The first-order valence-electron chi connectivity index (χ1n) is 13.6. The molecule has 0 spiro atoms. The summed E-state index contributed by atoms with van der Waals surface area (Å²) in [7, 11) is 0. The van der Waals surface area contributed by atoms with Gasteiger partial charge in [0.15, 0.2) is 5.60 Å². The summed E-state index contributed by atoms with van der Waals surface area (Å²) in [5.41, 5.74) is -0.714. The summed E-state index contributed by atoms with van der Waals surface area (Å²) in [4.78, 5) is 4.03. The van der Waals surface area contributed by atoms with Crippen molar-refractivity contribution in [1.82, 2.24) is 5.32 Å². The maximum atomic E-state index is 12.8. The summed E-state index contributed by atoms with van der Waals surface area (Å²) in [6.45, 7) is 15.8. The standard InChI is InChI=1S/C18H28F3NO.C8H11N.C6H12/c1-7-9-14(4)22-15(5)16(10-8-2)12-11-13(3)17(6,23)18(19,20)21;1-4-6-7-9-8(3)5-2;1-2-4-6-5-3-1/h8,10-12,14,22-23H,5,7,9H2,1-4,6H3;1,5,7H,6H2,2-3H3;1-6H2/b10-8-,13-11+,16-12+;8-5-,9-7?;/t14?,17-;;/m0../s1. The van der Waals surface area contributed by atoms with Crippen LogP contribution in [-0.2, 0) is 0 Å². The van der Waals surface area contributed by atoms with E-state index in [1.807, 2.05) is 33.8 Å². The van der Waals surface area contributed by atoms with Crippen LogP contribution in [0.1, 0.15) is 106 Å². The minimum atomic E-state index is -4.72. The lowest BCUT2D eigenvalue weighted by Gasteiger charge is -2.27. The fourth-order valence-electron chi connectivity index (χ4n) is 3.30. The molecule has 0 aliphatic heterocycles. The first-order valence-corrected chi connectivity index (χ1v) is 13.6. The van der Waals surface area contributed by atoms with Gasteiger partial charge in [-0.25, -0.2) is 0 Å². The lowest BCUT2D eigenvalue weighted by atomic mass is 9.95. The Balaban J connectivity index is 0. The highest BCUT2D eigenvalue weighted by molar-refractivity contribution is 5.61. The van der Waals surface area contributed by atoms with E-state index in [9.17, 15) is 18.3 Å². The molecule has 0 saturated heterocycles. The molecule has 1 aliphatic carbocycles. The van der Waals surface area contributed by atoms with Gasteiger partial charge in [-0.3, -0.25) is 4.99 Å². The summed E-state index contributed by atoms with van der Waals surface area (Å²) < 4.78 is 38.4. The number of rotatable bonds is 10. The molecular formula is C32H51F3N2O. The van der Waals surface area contributed by atoms with Crippen LogP contribution in [0, 0.1) is 12.3 Å². The third-order valence-corrected chi connectivity index (χ3v) is 6.09. The Morgan fingerprint density at radius 2 is 1.63 bits per heavy atom. The first-order chi connectivity index (χ1) is 17.8. The van der Waals surface area contributed by atoms with Crippen molar-refractivity contribution in [3.63, 3.8) is 0 Å². The topological polar surface area (TPSA) is 44.6 Å². The van der Waals surface area contributed by atoms with Crippen molar-refractivity contribution in [3.8, 4) is 12.3 Å². The van der Waals surface area contributed by atoms with Gasteiger partial charge < -0.3 is 10.4 Å². The molecule has 0 bridgehead atoms. The highest BCUT2D eigenvalue weighted by Crippen LogP contribution is 2.35. The molecule has 3 nitrogen and oxygen atoms in total. The molecule has 6 heteroatoms. The molecule has 0 amide bonds. The molecule has 2 atom stereocenters. The largest absolute Gasteiger partial charge is 0.420 e. The maximum Gasteiger partial charge on any atom is 0.420 e. The number of alkyl halides is 3. The zero-order chi connectivity index (χ0) is 29.6. The Labute approximate surface area is 230 Å². The lowest BCUT2D eigenvalue weighted by Crippen LogP contribution is -2.43. The zero-order valence-corrected chi connectivity index (χ0v) is 24.7. The second kappa shape index (κ2) is 21.4. The van der Waals surface area contributed by atoms with Crippen LogP contribution in [0.25, 0.3) is 0 Å². The van der Waals surface area contributed by atoms with Crippen molar-refractivity contribution >= 4 is 6.21 Å². The van der Waals surface area contributed by atoms with Gasteiger partial charge in [0, 0.05) is 30.1 Å². The molecule has 0 heterocycles. The fraction of sp³-hybridized carbons (Fsp3) is 0.594. The predicted octanol–water partition coefficient (Wildman–Crippen LogP) is 9.39. The van der Waals surface area contributed by atoms with E-state index in [1.54, 1.807) is 18.4 Å². The second-order valence-electron chi connectivity index (χ2n) is 9.63. The number of hydrogen-bond acceptors (Lipinski definition) is 3. The third kappa shape index (κ3) is 17.9. The van der Waals surface area contributed by atoms with E-state index in [-0.39, 0.29) is 11.6 Å². The SMILES string of the molecule is C#CCC=N/C(C)=C\C.C1CCCCC1.C=C(NC(C)CCC)C(/C=C\C)=C/C=C(\C)[C@](C)(O)C(F)(F)F. The van der Waals surface area contributed by atoms with Crippen molar-refractivity contribution in [2.75, 3.05) is 0 Å². The van der Waals surface area contributed by atoms with Gasteiger partial charge in [-0.1, -0.05) is 88.8 Å². The van der Waals surface area contributed by atoms with Gasteiger partial charge in [0.05, 0.1) is 0 Å². The molecule has 1 unspecified atom stereocenters. The number of allylic oxidation sites excluding steroid dienone is 6. The van der Waals surface area contributed by atoms with Gasteiger partial charge in [-0.2, -0.15) is 13.2 Å². The summed E-state index contributed by atoms with van der Waals surface area (Å²) >= 11 is 0. The Hall–Kier alpha value is -2.52. The summed E-state index contributed by atoms with van der Waals surface area (Å²) in [6, 6.07) is 0.226. The molecule has 1 aliphatic rings. The normalized spacial score (nSPS) is 17.5. The molecule has 1 saturated carbocycles. The van der Waals surface area contributed by atoms with Gasteiger partial charge in [0.2, 0.25) is 0 Å². The minimum Gasteiger partial charge on any atom is -0.383 e. The number of hydrogen-bond donors (Lipinski definition) is 2. The number of nitrogens with one attached hydrogen (secondary N) is 1. The Bertz CT molecular complexity index is 837. The van der Waals surface area contributed by atoms with Crippen LogP contribution in [0.2, 0.25) is 0 Å². The monoisotopic (exact) mass is 536 g/mol. The van der Waals surface area contributed by atoms with E-state index >= 15 is 0 Å². The number of aliphatic hydroxyl groups is 1. The second-order valence-corrected chi connectivity index (χ2v) is 9.63. The molecular weight excluding hydrogens is 485 g/mol. The van der Waals surface area contributed by atoms with Gasteiger partial charge in [0.1, 0.15) is 0 Å². The molecule has 0 aromatic rings. The molecule has 1 fully saturated rings. The minimum absolute atomic E-state index is 0.179. The van der Waals surface area contributed by atoms with Crippen LogP contribution in [0.4, 0.5) is 13.2 Å². The van der Waals surface area contributed by atoms with Crippen molar-refractivity contribution in [2.45, 2.75) is 124 Å². The Morgan fingerprint density at radius 3 is 2.03 bits per heavy atom. The Morgan fingerprint density at radius 1 is 1.11 bits per heavy atom. The zero-order valence-electron chi connectivity index (χ0n) is 24.7. The van der Waals surface area contributed by atoms with Crippen LogP contribution < -0.4 is 5.32 Å². The van der Waals surface area contributed by atoms with Crippen LogP contribution >= 0.6 is 0 Å². The van der Waals surface area contributed by atoms with Gasteiger partial charge >= 0.3 is 6.18 Å². The van der Waals surface area contributed by atoms with Crippen molar-refractivity contribution in [3.05, 3.63) is 59.5 Å². The highest BCUT2D eigenvalue weighted by Gasteiger charge is 2.50.